The summed E-state index contributed by atoms with van der Waals surface area (Å²) in [4.78, 5) is 10.6. The minimum Gasteiger partial charge on any atom is -0.490 e. The number of nitro benzene ring substituents is 1. The molecule has 1 fully saturated rings. The lowest BCUT2D eigenvalue weighted by molar-refractivity contribution is -0.385. The summed E-state index contributed by atoms with van der Waals surface area (Å²) >= 11 is 0. The molecule has 0 bridgehead atoms. The molecule has 0 saturated heterocycles. The largest absolute Gasteiger partial charge is 0.490 e. The van der Waals surface area contributed by atoms with Gasteiger partial charge in [0.2, 0.25) is 0 Å². The summed E-state index contributed by atoms with van der Waals surface area (Å²) in [6, 6.07) is 5.35. The molecule has 1 atom stereocenters. The number of methoxy groups -OCH3 is 1. The van der Waals surface area contributed by atoms with Crippen LogP contribution in [-0.4, -0.2) is 18.1 Å². The maximum atomic E-state index is 11.0. The minimum absolute atomic E-state index is 0.0273. The van der Waals surface area contributed by atoms with Gasteiger partial charge in [0.05, 0.1) is 12.0 Å². The molecule has 0 radical (unpaired) electrons. The van der Waals surface area contributed by atoms with E-state index in [0.29, 0.717) is 11.7 Å². The van der Waals surface area contributed by atoms with E-state index >= 15 is 0 Å². The number of hydrogen-bond acceptors (Lipinski definition) is 4. The van der Waals surface area contributed by atoms with Gasteiger partial charge in [-0.15, -0.1) is 0 Å². The second-order valence-corrected chi connectivity index (χ2v) is 5.51. The molecule has 1 aromatic rings. The van der Waals surface area contributed by atoms with Gasteiger partial charge < -0.3 is 10.5 Å². The lowest BCUT2D eigenvalue weighted by atomic mass is 9.93. The van der Waals surface area contributed by atoms with Crippen LogP contribution < -0.4 is 10.5 Å². The molecular weight excluding hydrogens is 256 g/mol. The van der Waals surface area contributed by atoms with Gasteiger partial charge >= 0.3 is 5.69 Å². The fraction of sp³-hybridized carbons (Fsp3) is 0.600. The quantitative estimate of drug-likeness (QED) is 0.640. The smallest absolute Gasteiger partial charge is 0.311 e. The first kappa shape index (κ1) is 14.8. The average molecular weight is 278 g/mol. The number of nitrogens with two attached hydrogens (primary N) is 1. The summed E-state index contributed by atoms with van der Waals surface area (Å²) in [7, 11) is 1.44. The molecule has 1 aromatic carbocycles. The number of ether oxygens (including phenoxy) is 1. The highest BCUT2D eigenvalue weighted by molar-refractivity contribution is 5.48. The molecule has 2 N–H and O–H groups in total. The Morgan fingerprint density at radius 3 is 2.75 bits per heavy atom. The second-order valence-electron chi connectivity index (χ2n) is 5.51. The molecule has 0 heterocycles. The molecule has 1 aliphatic rings. The molecular formula is C15H22N2O3. The van der Waals surface area contributed by atoms with E-state index in [9.17, 15) is 10.1 Å². The zero-order valence-corrected chi connectivity index (χ0v) is 11.9. The van der Waals surface area contributed by atoms with E-state index in [1.807, 2.05) is 6.07 Å². The molecule has 0 amide bonds. The van der Waals surface area contributed by atoms with Crippen molar-refractivity contribution in [1.82, 2.24) is 0 Å². The number of nitrogens with zero attached hydrogens (tertiary/aromatic N) is 1. The molecule has 1 aliphatic carbocycles. The van der Waals surface area contributed by atoms with Crippen molar-refractivity contribution < 1.29 is 9.66 Å². The van der Waals surface area contributed by atoms with Crippen LogP contribution in [-0.2, 0) is 6.42 Å². The predicted octanol–water partition coefficient (Wildman–Crippen LogP) is 3.05. The highest BCUT2D eigenvalue weighted by Gasteiger charge is 2.22. The Kier molecular flexibility index (Phi) is 4.95. The first-order chi connectivity index (χ1) is 9.61. The minimum atomic E-state index is -0.404. The highest BCUT2D eigenvalue weighted by atomic mass is 16.6. The van der Waals surface area contributed by atoms with Crippen molar-refractivity contribution in [3.8, 4) is 5.75 Å². The lowest BCUT2D eigenvalue weighted by Crippen LogP contribution is -2.28. The number of rotatable bonds is 6. The molecule has 0 aliphatic heterocycles. The van der Waals surface area contributed by atoms with Gasteiger partial charge in [0.1, 0.15) is 0 Å². The van der Waals surface area contributed by atoms with Gasteiger partial charge in [-0.2, -0.15) is 0 Å². The van der Waals surface area contributed by atoms with Crippen molar-refractivity contribution >= 4 is 5.69 Å². The summed E-state index contributed by atoms with van der Waals surface area (Å²) in [6.45, 7) is 0. The van der Waals surface area contributed by atoms with E-state index in [4.69, 9.17) is 10.5 Å². The van der Waals surface area contributed by atoms with E-state index in [2.05, 4.69) is 0 Å². The van der Waals surface area contributed by atoms with Crippen molar-refractivity contribution in [1.29, 1.82) is 0 Å². The van der Waals surface area contributed by atoms with Crippen molar-refractivity contribution in [2.45, 2.75) is 44.6 Å². The molecule has 5 nitrogen and oxygen atoms in total. The number of hydrogen-bond donors (Lipinski definition) is 1. The molecule has 110 valence electrons. The zero-order chi connectivity index (χ0) is 14.5. The fourth-order valence-corrected chi connectivity index (χ4v) is 2.99. The van der Waals surface area contributed by atoms with Crippen LogP contribution in [0.3, 0.4) is 0 Å². The van der Waals surface area contributed by atoms with Gasteiger partial charge in [0, 0.05) is 12.1 Å². The van der Waals surface area contributed by atoms with Crippen molar-refractivity contribution in [2.75, 3.05) is 7.11 Å². The fourth-order valence-electron chi connectivity index (χ4n) is 2.99. The van der Waals surface area contributed by atoms with Crippen LogP contribution in [0.4, 0.5) is 5.69 Å². The summed E-state index contributed by atoms with van der Waals surface area (Å²) < 4.78 is 5.00. The molecule has 2 rings (SSSR count). The van der Waals surface area contributed by atoms with Crippen molar-refractivity contribution in [3.63, 3.8) is 0 Å². The average Bonchev–Trinajstić information content (AvgIpc) is 2.98. The van der Waals surface area contributed by atoms with Crippen LogP contribution in [0.25, 0.3) is 0 Å². The Labute approximate surface area is 119 Å². The van der Waals surface area contributed by atoms with Crippen LogP contribution in [0.1, 0.15) is 37.7 Å². The zero-order valence-electron chi connectivity index (χ0n) is 11.9. The van der Waals surface area contributed by atoms with Gasteiger partial charge in [-0.25, -0.2) is 0 Å². The van der Waals surface area contributed by atoms with Crippen LogP contribution in [0.2, 0.25) is 0 Å². The maximum absolute atomic E-state index is 11.0. The van der Waals surface area contributed by atoms with Crippen LogP contribution >= 0.6 is 0 Å². The Balaban J connectivity index is 1.98. The van der Waals surface area contributed by atoms with Gasteiger partial charge in [-0.1, -0.05) is 18.9 Å². The van der Waals surface area contributed by atoms with Gasteiger partial charge in [0.25, 0.3) is 0 Å². The lowest BCUT2D eigenvalue weighted by Gasteiger charge is -2.18. The van der Waals surface area contributed by atoms with Gasteiger partial charge in [-0.3, -0.25) is 10.1 Å². The van der Waals surface area contributed by atoms with E-state index in [1.165, 1.54) is 32.8 Å². The SMILES string of the molecule is COc1ccc(CCC(N)C2CCCC2)cc1[N+](=O)[O-]. The second kappa shape index (κ2) is 6.70. The Hall–Kier alpha value is -1.62. The summed E-state index contributed by atoms with van der Waals surface area (Å²) in [5.74, 6) is 0.932. The van der Waals surface area contributed by atoms with E-state index in [-0.39, 0.29) is 11.7 Å². The van der Waals surface area contributed by atoms with Crippen molar-refractivity contribution in [3.05, 3.63) is 33.9 Å². The standard InChI is InChI=1S/C15H22N2O3/c1-20-15-9-7-11(10-14(15)17(18)19)6-8-13(16)12-4-2-3-5-12/h7,9-10,12-13H,2-6,8,16H2,1H3. The molecule has 0 spiro atoms. The first-order valence-electron chi connectivity index (χ1n) is 7.18. The molecule has 0 aromatic heterocycles. The molecule has 5 heteroatoms. The van der Waals surface area contributed by atoms with E-state index in [1.54, 1.807) is 12.1 Å². The molecule has 20 heavy (non-hydrogen) atoms. The number of benzene rings is 1. The normalized spacial score (nSPS) is 17.1. The number of nitro groups is 1. The van der Waals surface area contributed by atoms with Crippen LogP contribution in [0.5, 0.6) is 5.75 Å². The van der Waals surface area contributed by atoms with Crippen LogP contribution in [0, 0.1) is 16.0 Å². The maximum Gasteiger partial charge on any atom is 0.311 e. The third kappa shape index (κ3) is 3.48. The van der Waals surface area contributed by atoms with Crippen molar-refractivity contribution in [2.24, 2.45) is 11.7 Å². The van der Waals surface area contributed by atoms with Gasteiger partial charge in [0.15, 0.2) is 5.75 Å². The first-order valence-corrected chi connectivity index (χ1v) is 7.18. The Bertz CT molecular complexity index is 470. The third-order valence-corrected chi connectivity index (χ3v) is 4.21. The van der Waals surface area contributed by atoms with Crippen LogP contribution in [0.15, 0.2) is 18.2 Å². The summed E-state index contributed by atoms with van der Waals surface area (Å²) in [5, 5.41) is 11.0. The topological polar surface area (TPSA) is 78.4 Å². The molecule has 1 saturated carbocycles. The van der Waals surface area contributed by atoms with E-state index in [0.717, 1.165) is 18.4 Å². The Morgan fingerprint density at radius 1 is 1.45 bits per heavy atom. The third-order valence-electron chi connectivity index (χ3n) is 4.21. The summed E-state index contributed by atoms with van der Waals surface area (Å²) in [6.07, 6.45) is 6.68. The molecule has 1 unspecified atom stereocenters. The highest BCUT2D eigenvalue weighted by Crippen LogP contribution is 2.30. The summed E-state index contributed by atoms with van der Waals surface area (Å²) in [5.41, 5.74) is 7.20. The predicted molar refractivity (Wildman–Crippen MR) is 77.9 cm³/mol. The Morgan fingerprint density at radius 2 is 2.15 bits per heavy atom. The number of aryl methyl sites for hydroxylation is 1. The monoisotopic (exact) mass is 278 g/mol. The van der Waals surface area contributed by atoms with Gasteiger partial charge in [-0.05, 0) is 43.2 Å². The van der Waals surface area contributed by atoms with E-state index < -0.39 is 4.92 Å².